The molecule has 1 atom stereocenters. The zero-order valence-corrected chi connectivity index (χ0v) is 15.5. The Hall–Kier alpha value is -3.13. The maximum absolute atomic E-state index is 5.85. The van der Waals surface area contributed by atoms with Crippen molar-refractivity contribution < 1.29 is 4.74 Å². The first-order chi connectivity index (χ1) is 13.2. The summed E-state index contributed by atoms with van der Waals surface area (Å²) < 4.78 is 5.85. The fraction of sp³-hybridized carbons (Fsp3) is 0.160. The van der Waals surface area contributed by atoms with Gasteiger partial charge < -0.3 is 4.74 Å². The van der Waals surface area contributed by atoms with Gasteiger partial charge >= 0.3 is 0 Å². The van der Waals surface area contributed by atoms with Crippen LogP contribution in [0.3, 0.4) is 0 Å². The fourth-order valence-corrected chi connectivity index (χ4v) is 3.39. The summed E-state index contributed by atoms with van der Waals surface area (Å²) in [4.78, 5) is 4.93. The Bertz CT molecular complexity index is 957. The highest BCUT2D eigenvalue weighted by Gasteiger charge is 2.28. The molecule has 0 N–H and O–H groups in total. The molecule has 0 saturated carbocycles. The quantitative estimate of drug-likeness (QED) is 0.514. The number of fused-ring (bicyclic) bond motifs is 1. The molecule has 0 aromatic heterocycles. The van der Waals surface area contributed by atoms with Crippen LogP contribution in [0.15, 0.2) is 89.9 Å². The van der Waals surface area contributed by atoms with Crippen molar-refractivity contribution in [2.24, 2.45) is 4.99 Å². The summed E-state index contributed by atoms with van der Waals surface area (Å²) in [5, 5.41) is 0. The molecule has 0 heterocycles. The summed E-state index contributed by atoms with van der Waals surface area (Å²) in [5.74, 6) is 0.869. The van der Waals surface area contributed by atoms with Gasteiger partial charge in [0.25, 0.3) is 0 Å². The molecule has 4 rings (SSSR count). The van der Waals surface area contributed by atoms with Crippen molar-refractivity contribution in [2.45, 2.75) is 25.5 Å². The van der Waals surface area contributed by atoms with Crippen molar-refractivity contribution in [1.82, 2.24) is 0 Å². The lowest BCUT2D eigenvalue weighted by atomic mass is 9.82. The predicted octanol–water partition coefficient (Wildman–Crippen LogP) is 6.02. The Morgan fingerprint density at radius 1 is 0.926 bits per heavy atom. The van der Waals surface area contributed by atoms with Crippen LogP contribution in [-0.4, -0.2) is 6.21 Å². The summed E-state index contributed by atoms with van der Waals surface area (Å²) in [6.07, 6.45) is 7.28. The minimum absolute atomic E-state index is 0.214. The molecule has 0 spiro atoms. The molecule has 0 bridgehead atoms. The number of aliphatic imine (C=N–C) groups is 1. The molecule has 1 aliphatic carbocycles. The first kappa shape index (κ1) is 17.3. The topological polar surface area (TPSA) is 21.6 Å². The van der Waals surface area contributed by atoms with E-state index in [0.717, 1.165) is 17.7 Å². The molecular formula is C25H23NO. The van der Waals surface area contributed by atoms with Crippen LogP contribution < -0.4 is 4.74 Å². The highest BCUT2D eigenvalue weighted by Crippen LogP contribution is 2.36. The van der Waals surface area contributed by atoms with E-state index in [1.54, 1.807) is 0 Å². The largest absolute Gasteiger partial charge is 0.489 e. The van der Waals surface area contributed by atoms with E-state index in [1.165, 1.54) is 16.7 Å². The lowest BCUT2D eigenvalue weighted by Gasteiger charge is -2.29. The van der Waals surface area contributed by atoms with Gasteiger partial charge in [0.2, 0.25) is 0 Å². The van der Waals surface area contributed by atoms with E-state index in [4.69, 9.17) is 9.73 Å². The molecule has 0 radical (unpaired) electrons. The summed E-state index contributed by atoms with van der Waals surface area (Å²) >= 11 is 0. The minimum Gasteiger partial charge on any atom is -0.489 e. The van der Waals surface area contributed by atoms with Gasteiger partial charge in [-0.1, -0.05) is 66.7 Å². The summed E-state index contributed by atoms with van der Waals surface area (Å²) in [6.45, 7) is 2.78. The Kier molecular flexibility index (Phi) is 4.88. The SMILES string of the molecule is CC1(N=Cc2ccc(OCc3ccccc3)cc2)CC=Cc2ccccc21. The first-order valence-electron chi connectivity index (χ1n) is 9.31. The molecule has 0 aliphatic heterocycles. The molecule has 2 heteroatoms. The van der Waals surface area contributed by atoms with Crippen molar-refractivity contribution in [3.8, 4) is 5.75 Å². The number of ether oxygens (including phenoxy) is 1. The van der Waals surface area contributed by atoms with Gasteiger partial charge in [0.05, 0.1) is 5.54 Å². The van der Waals surface area contributed by atoms with E-state index in [1.807, 2.05) is 36.5 Å². The van der Waals surface area contributed by atoms with E-state index < -0.39 is 0 Å². The van der Waals surface area contributed by atoms with Crippen molar-refractivity contribution in [2.75, 3.05) is 0 Å². The van der Waals surface area contributed by atoms with Gasteiger partial charge in [-0.15, -0.1) is 0 Å². The molecule has 1 unspecified atom stereocenters. The van der Waals surface area contributed by atoms with Crippen molar-refractivity contribution in [1.29, 1.82) is 0 Å². The second-order valence-corrected chi connectivity index (χ2v) is 7.07. The second kappa shape index (κ2) is 7.63. The number of hydrogen-bond acceptors (Lipinski definition) is 2. The highest BCUT2D eigenvalue weighted by molar-refractivity contribution is 5.80. The average molecular weight is 353 g/mol. The van der Waals surface area contributed by atoms with Crippen LogP contribution in [0.1, 0.15) is 35.6 Å². The molecule has 27 heavy (non-hydrogen) atoms. The van der Waals surface area contributed by atoms with E-state index in [2.05, 4.69) is 67.6 Å². The van der Waals surface area contributed by atoms with Crippen molar-refractivity contribution in [3.05, 3.63) is 107 Å². The van der Waals surface area contributed by atoms with Crippen molar-refractivity contribution >= 4 is 12.3 Å². The smallest absolute Gasteiger partial charge is 0.119 e. The average Bonchev–Trinajstić information content (AvgIpc) is 2.73. The molecule has 0 amide bonds. The van der Waals surface area contributed by atoms with Crippen LogP contribution >= 0.6 is 0 Å². The van der Waals surface area contributed by atoms with Crippen molar-refractivity contribution in [3.63, 3.8) is 0 Å². The summed E-state index contributed by atoms with van der Waals surface area (Å²) in [5.41, 5.74) is 4.57. The van der Waals surface area contributed by atoms with Crippen LogP contribution in [0.4, 0.5) is 0 Å². The van der Waals surface area contributed by atoms with Gasteiger partial charge in [-0.05, 0) is 59.9 Å². The Balaban J connectivity index is 1.45. The van der Waals surface area contributed by atoms with E-state index in [9.17, 15) is 0 Å². The molecular weight excluding hydrogens is 330 g/mol. The zero-order chi connectivity index (χ0) is 18.5. The predicted molar refractivity (Wildman–Crippen MR) is 112 cm³/mol. The molecule has 0 saturated heterocycles. The molecule has 3 aromatic carbocycles. The Morgan fingerprint density at radius 2 is 1.67 bits per heavy atom. The maximum atomic E-state index is 5.85. The van der Waals surface area contributed by atoms with Gasteiger partial charge in [0.15, 0.2) is 0 Å². The third-order valence-corrected chi connectivity index (χ3v) is 4.98. The van der Waals surface area contributed by atoms with Gasteiger partial charge in [-0.3, -0.25) is 4.99 Å². The Labute approximate surface area is 160 Å². The van der Waals surface area contributed by atoms with Crippen LogP contribution in [0.25, 0.3) is 6.08 Å². The highest BCUT2D eigenvalue weighted by atomic mass is 16.5. The van der Waals surface area contributed by atoms with Crippen LogP contribution in [-0.2, 0) is 12.1 Å². The number of rotatable bonds is 5. The normalized spacial score (nSPS) is 18.4. The van der Waals surface area contributed by atoms with Crippen LogP contribution in [0, 0.1) is 0 Å². The zero-order valence-electron chi connectivity index (χ0n) is 15.5. The van der Waals surface area contributed by atoms with Gasteiger partial charge in [-0.25, -0.2) is 0 Å². The molecule has 2 nitrogen and oxygen atoms in total. The lowest BCUT2D eigenvalue weighted by Crippen LogP contribution is -2.22. The lowest BCUT2D eigenvalue weighted by molar-refractivity contribution is 0.306. The van der Waals surface area contributed by atoms with E-state index >= 15 is 0 Å². The minimum atomic E-state index is -0.214. The fourth-order valence-electron chi connectivity index (χ4n) is 3.39. The van der Waals surface area contributed by atoms with Gasteiger partial charge in [0, 0.05) is 6.21 Å². The first-order valence-corrected chi connectivity index (χ1v) is 9.31. The molecule has 134 valence electrons. The molecule has 3 aromatic rings. The van der Waals surface area contributed by atoms with E-state index in [0.29, 0.717) is 6.61 Å². The van der Waals surface area contributed by atoms with Gasteiger partial charge in [0.1, 0.15) is 12.4 Å². The third kappa shape index (κ3) is 4.01. The number of benzene rings is 3. The van der Waals surface area contributed by atoms with E-state index in [-0.39, 0.29) is 5.54 Å². The monoisotopic (exact) mass is 353 g/mol. The maximum Gasteiger partial charge on any atom is 0.119 e. The number of nitrogens with zero attached hydrogens (tertiary/aromatic N) is 1. The Morgan fingerprint density at radius 3 is 2.48 bits per heavy atom. The van der Waals surface area contributed by atoms with Crippen LogP contribution in [0.5, 0.6) is 5.75 Å². The van der Waals surface area contributed by atoms with Crippen LogP contribution in [0.2, 0.25) is 0 Å². The molecule has 0 fully saturated rings. The second-order valence-electron chi connectivity index (χ2n) is 7.07. The summed E-state index contributed by atoms with van der Waals surface area (Å²) in [6, 6.07) is 26.8. The number of hydrogen-bond donors (Lipinski definition) is 0. The summed E-state index contributed by atoms with van der Waals surface area (Å²) in [7, 11) is 0. The third-order valence-electron chi connectivity index (χ3n) is 4.98. The van der Waals surface area contributed by atoms with Gasteiger partial charge in [-0.2, -0.15) is 0 Å². The standard InChI is InChI=1S/C25H23NO/c1-25(17-7-11-22-10-5-6-12-24(22)25)26-18-20-13-15-23(16-14-20)27-19-21-8-3-2-4-9-21/h2-16,18H,17,19H2,1H3. The molecule has 1 aliphatic rings.